The molecule has 0 saturated carbocycles. The predicted octanol–water partition coefficient (Wildman–Crippen LogP) is 0.268. The van der Waals surface area contributed by atoms with Crippen molar-refractivity contribution in [1.82, 2.24) is 25.4 Å². The summed E-state index contributed by atoms with van der Waals surface area (Å²) < 4.78 is 0. The van der Waals surface area contributed by atoms with Crippen molar-refractivity contribution < 1.29 is 0 Å². The molecule has 12 heavy (non-hydrogen) atoms. The van der Waals surface area contributed by atoms with Crippen LogP contribution in [-0.2, 0) is 6.54 Å². The van der Waals surface area contributed by atoms with E-state index < -0.39 is 0 Å². The first-order valence-corrected chi connectivity index (χ1v) is 4.17. The van der Waals surface area contributed by atoms with Gasteiger partial charge in [-0.15, -0.1) is 10.2 Å². The fourth-order valence-electron chi connectivity index (χ4n) is 0.725. The third kappa shape index (κ3) is 1.56. The van der Waals surface area contributed by atoms with E-state index in [0.717, 1.165) is 11.0 Å². The molecule has 0 radical (unpaired) electrons. The van der Waals surface area contributed by atoms with Crippen LogP contribution in [0.4, 0.5) is 5.13 Å². The quantitative estimate of drug-likeness (QED) is 0.712. The second kappa shape index (κ2) is 3.26. The van der Waals surface area contributed by atoms with Gasteiger partial charge in [0.1, 0.15) is 17.7 Å². The van der Waals surface area contributed by atoms with Gasteiger partial charge >= 0.3 is 0 Å². The van der Waals surface area contributed by atoms with Crippen LogP contribution in [0.2, 0.25) is 0 Å². The minimum Gasteiger partial charge on any atom is -0.353 e. The molecular weight excluding hydrogens is 176 g/mol. The van der Waals surface area contributed by atoms with E-state index >= 15 is 0 Å². The number of H-pyrrole nitrogens is 1. The number of aromatic nitrogens is 5. The molecule has 0 amide bonds. The van der Waals surface area contributed by atoms with Gasteiger partial charge in [0.15, 0.2) is 0 Å². The van der Waals surface area contributed by atoms with Crippen molar-refractivity contribution in [3.8, 4) is 0 Å². The van der Waals surface area contributed by atoms with Gasteiger partial charge in [-0.1, -0.05) is 11.3 Å². The molecule has 2 rings (SSSR count). The van der Waals surface area contributed by atoms with Crippen molar-refractivity contribution in [3.63, 3.8) is 0 Å². The van der Waals surface area contributed by atoms with E-state index in [9.17, 15) is 0 Å². The standard InChI is InChI=1S/C5H6N6S/c1(4-7-2-8-10-4)6-5-11-9-3-12-5/h2-3H,1H2,(H,6,11)(H,7,8,10). The molecule has 0 atom stereocenters. The molecule has 0 bridgehead atoms. The van der Waals surface area contributed by atoms with E-state index in [1.54, 1.807) is 5.51 Å². The van der Waals surface area contributed by atoms with Crippen LogP contribution < -0.4 is 5.32 Å². The molecule has 0 saturated heterocycles. The van der Waals surface area contributed by atoms with Gasteiger partial charge in [0.25, 0.3) is 0 Å². The Morgan fingerprint density at radius 2 is 2.58 bits per heavy atom. The Morgan fingerprint density at radius 3 is 3.25 bits per heavy atom. The lowest BCUT2D eigenvalue weighted by atomic mass is 10.6. The van der Waals surface area contributed by atoms with E-state index in [2.05, 4.69) is 30.7 Å². The maximum atomic E-state index is 3.94. The Labute approximate surface area is 72.1 Å². The Balaban J connectivity index is 1.91. The molecule has 7 heteroatoms. The zero-order valence-electron chi connectivity index (χ0n) is 6.06. The van der Waals surface area contributed by atoms with Crippen LogP contribution in [-0.4, -0.2) is 25.4 Å². The normalized spacial score (nSPS) is 10.0. The SMILES string of the molecule is c1n[nH]c(CNc2nncs2)n1. The number of rotatable bonds is 3. The number of aromatic amines is 1. The lowest BCUT2D eigenvalue weighted by molar-refractivity contribution is 0.944. The van der Waals surface area contributed by atoms with Gasteiger partial charge in [-0.05, 0) is 0 Å². The highest BCUT2D eigenvalue weighted by Gasteiger charge is 1.97. The summed E-state index contributed by atoms with van der Waals surface area (Å²) in [6.07, 6.45) is 1.47. The van der Waals surface area contributed by atoms with Crippen LogP contribution in [0.1, 0.15) is 5.82 Å². The van der Waals surface area contributed by atoms with Gasteiger partial charge in [-0.25, -0.2) is 4.98 Å². The minimum absolute atomic E-state index is 0.592. The number of hydrogen-bond acceptors (Lipinski definition) is 6. The Morgan fingerprint density at radius 1 is 1.58 bits per heavy atom. The molecule has 2 aromatic rings. The molecule has 2 aromatic heterocycles. The third-order valence-corrected chi connectivity index (χ3v) is 1.88. The topological polar surface area (TPSA) is 79.4 Å². The first-order chi connectivity index (χ1) is 5.95. The maximum absolute atomic E-state index is 3.94. The molecule has 0 aromatic carbocycles. The van der Waals surface area contributed by atoms with Crippen molar-refractivity contribution in [1.29, 1.82) is 0 Å². The summed E-state index contributed by atoms with van der Waals surface area (Å²) >= 11 is 1.45. The molecule has 6 nitrogen and oxygen atoms in total. The summed E-state index contributed by atoms with van der Waals surface area (Å²) in [6.45, 7) is 0.592. The van der Waals surface area contributed by atoms with E-state index in [0.29, 0.717) is 6.54 Å². The van der Waals surface area contributed by atoms with Crippen molar-refractivity contribution in [3.05, 3.63) is 17.7 Å². The second-order valence-electron chi connectivity index (χ2n) is 2.03. The molecule has 0 aliphatic heterocycles. The summed E-state index contributed by atoms with van der Waals surface area (Å²) in [5.41, 5.74) is 1.67. The summed E-state index contributed by atoms with van der Waals surface area (Å²) in [6, 6.07) is 0. The van der Waals surface area contributed by atoms with Gasteiger partial charge in [-0.3, -0.25) is 5.10 Å². The molecule has 2 heterocycles. The fraction of sp³-hybridized carbons (Fsp3) is 0.200. The monoisotopic (exact) mass is 182 g/mol. The highest BCUT2D eigenvalue weighted by molar-refractivity contribution is 7.13. The van der Waals surface area contributed by atoms with E-state index in [1.807, 2.05) is 0 Å². The molecule has 0 fully saturated rings. The molecule has 2 N–H and O–H groups in total. The summed E-state index contributed by atoms with van der Waals surface area (Å²) in [5.74, 6) is 0.783. The van der Waals surface area contributed by atoms with Gasteiger partial charge in [0, 0.05) is 0 Å². The number of nitrogens with zero attached hydrogens (tertiary/aromatic N) is 4. The smallest absolute Gasteiger partial charge is 0.205 e. The highest BCUT2D eigenvalue weighted by Crippen LogP contribution is 2.08. The lowest BCUT2D eigenvalue weighted by Crippen LogP contribution is -2.00. The van der Waals surface area contributed by atoms with Crippen LogP contribution >= 0.6 is 11.3 Å². The van der Waals surface area contributed by atoms with Gasteiger partial charge < -0.3 is 5.32 Å². The second-order valence-corrected chi connectivity index (χ2v) is 2.86. The van der Waals surface area contributed by atoms with Crippen LogP contribution in [0.25, 0.3) is 0 Å². The lowest BCUT2D eigenvalue weighted by Gasteiger charge is -1.95. The van der Waals surface area contributed by atoms with E-state index in [1.165, 1.54) is 17.7 Å². The van der Waals surface area contributed by atoms with Crippen molar-refractivity contribution in [2.75, 3.05) is 5.32 Å². The van der Waals surface area contributed by atoms with Crippen LogP contribution in [0.3, 0.4) is 0 Å². The van der Waals surface area contributed by atoms with E-state index in [-0.39, 0.29) is 0 Å². The molecule has 0 aliphatic carbocycles. The van der Waals surface area contributed by atoms with Crippen LogP contribution in [0.15, 0.2) is 11.8 Å². The Kier molecular flexibility index (Phi) is 1.95. The zero-order chi connectivity index (χ0) is 8.23. The van der Waals surface area contributed by atoms with Crippen LogP contribution in [0, 0.1) is 0 Å². The average molecular weight is 182 g/mol. The van der Waals surface area contributed by atoms with Gasteiger partial charge in [0.05, 0.1) is 6.54 Å². The molecule has 0 unspecified atom stereocenters. The van der Waals surface area contributed by atoms with Gasteiger partial charge in [0.2, 0.25) is 5.13 Å². The number of anilines is 1. The third-order valence-electron chi connectivity index (χ3n) is 1.23. The first-order valence-electron chi connectivity index (χ1n) is 3.29. The summed E-state index contributed by atoms with van der Waals surface area (Å²) in [5, 5.41) is 17.8. The predicted molar refractivity (Wildman–Crippen MR) is 43.6 cm³/mol. The maximum Gasteiger partial charge on any atom is 0.205 e. The molecular formula is C5H6N6S. The number of nitrogens with one attached hydrogen (secondary N) is 2. The average Bonchev–Trinajstić information content (AvgIpc) is 2.74. The van der Waals surface area contributed by atoms with Crippen LogP contribution in [0.5, 0.6) is 0 Å². The molecule has 0 aliphatic rings. The highest BCUT2D eigenvalue weighted by atomic mass is 32.1. The van der Waals surface area contributed by atoms with E-state index in [4.69, 9.17) is 0 Å². The largest absolute Gasteiger partial charge is 0.353 e. The first kappa shape index (κ1) is 7.17. The minimum atomic E-state index is 0.592. The zero-order valence-corrected chi connectivity index (χ0v) is 6.88. The Hall–Kier alpha value is -1.50. The molecule has 0 spiro atoms. The van der Waals surface area contributed by atoms with Crippen molar-refractivity contribution in [2.24, 2.45) is 0 Å². The summed E-state index contributed by atoms with van der Waals surface area (Å²) in [7, 11) is 0. The van der Waals surface area contributed by atoms with Crippen molar-refractivity contribution >= 4 is 16.5 Å². The summed E-state index contributed by atoms with van der Waals surface area (Å²) in [4.78, 5) is 3.94. The Bertz CT molecular complexity index is 279. The fourth-order valence-corrected chi connectivity index (χ4v) is 1.17. The number of hydrogen-bond donors (Lipinski definition) is 2. The van der Waals surface area contributed by atoms with Crippen molar-refractivity contribution in [2.45, 2.75) is 6.54 Å². The molecule has 62 valence electrons. The van der Waals surface area contributed by atoms with Gasteiger partial charge in [-0.2, -0.15) is 5.10 Å².